The van der Waals surface area contributed by atoms with Gasteiger partial charge in [0.25, 0.3) is 0 Å². The smallest absolute Gasteiger partial charge is 0.445 e. The van der Waals surface area contributed by atoms with Crippen LogP contribution < -0.4 is 28.8 Å². The van der Waals surface area contributed by atoms with Crippen molar-refractivity contribution in [2.45, 2.75) is 111 Å². The van der Waals surface area contributed by atoms with E-state index in [-0.39, 0.29) is 89.3 Å². The van der Waals surface area contributed by atoms with Crippen molar-refractivity contribution in [2.75, 3.05) is 65.9 Å². The summed E-state index contributed by atoms with van der Waals surface area (Å²) in [5, 5.41) is 1.08. The number of rotatable bonds is 24. The lowest BCUT2D eigenvalue weighted by atomic mass is 9.47. The Hall–Kier alpha value is -2.46. The molecule has 0 radical (unpaired) electrons. The fourth-order valence-electron chi connectivity index (χ4n) is 10.5. The van der Waals surface area contributed by atoms with Gasteiger partial charge in [-0.15, -0.1) is 0 Å². The molecule has 0 aromatic carbocycles. The van der Waals surface area contributed by atoms with E-state index in [0.29, 0.717) is 11.3 Å². The van der Waals surface area contributed by atoms with Crippen LogP contribution in [-0.2, 0) is 32.3 Å². The number of nitrogens with zero attached hydrogens (tertiary/aromatic N) is 3. The van der Waals surface area contributed by atoms with E-state index < -0.39 is 13.9 Å². The van der Waals surface area contributed by atoms with Crippen LogP contribution in [0, 0.1) is 46.3 Å². The molecular formula is C40H75N8O8P. The van der Waals surface area contributed by atoms with E-state index >= 15 is 0 Å². The Labute approximate surface area is 341 Å². The number of ether oxygens (including phenoxy) is 3. The molecule has 8 unspecified atom stereocenters. The van der Waals surface area contributed by atoms with Crippen LogP contribution in [0.1, 0.15) is 105 Å². The van der Waals surface area contributed by atoms with Crippen molar-refractivity contribution < 1.29 is 37.1 Å². The number of hydrazine groups is 1. The number of carbonyl (C=O) groups excluding carboxylic acids is 1. The summed E-state index contributed by atoms with van der Waals surface area (Å²) in [5.41, 5.74) is 23.3. The maximum Gasteiger partial charge on any atom is 0.474 e. The van der Waals surface area contributed by atoms with Crippen LogP contribution in [0.4, 0.5) is 4.79 Å². The second kappa shape index (κ2) is 22.2. The Morgan fingerprint density at radius 2 is 1.47 bits per heavy atom. The SMILES string of the molecule is CC(C)CCCC(C)C1CCC2C3CC=C4CC(OC(=O)N(N)CCOCCOCCOP(=O)(OCCN=C(N)N)OCCN=C(N)N)CCC4(C)C3CCC12C. The van der Waals surface area contributed by atoms with Gasteiger partial charge < -0.3 is 37.1 Å². The van der Waals surface area contributed by atoms with Gasteiger partial charge in [-0.2, -0.15) is 0 Å². The van der Waals surface area contributed by atoms with Crippen LogP contribution in [0.15, 0.2) is 21.6 Å². The van der Waals surface area contributed by atoms with E-state index in [9.17, 15) is 9.36 Å². The van der Waals surface area contributed by atoms with Gasteiger partial charge in [0.05, 0.1) is 65.9 Å². The van der Waals surface area contributed by atoms with E-state index in [2.05, 4.69) is 50.7 Å². The summed E-state index contributed by atoms with van der Waals surface area (Å²) in [6, 6.07) is 0. The summed E-state index contributed by atoms with van der Waals surface area (Å²) >= 11 is 0. The Kier molecular flexibility index (Phi) is 18.4. The average Bonchev–Trinajstić information content (AvgIpc) is 3.51. The summed E-state index contributed by atoms with van der Waals surface area (Å²) in [7, 11) is -3.95. The largest absolute Gasteiger partial charge is 0.474 e. The number of fused-ring (bicyclic) bond motifs is 5. The first kappa shape index (κ1) is 47.2. The molecule has 0 aromatic heterocycles. The van der Waals surface area contributed by atoms with Crippen LogP contribution in [-0.4, -0.2) is 95.0 Å². The van der Waals surface area contributed by atoms with Gasteiger partial charge in [0, 0.05) is 6.42 Å². The number of carbonyl (C=O) groups is 1. The second-order valence-electron chi connectivity index (χ2n) is 17.5. The van der Waals surface area contributed by atoms with E-state index in [1.807, 2.05) is 0 Å². The molecule has 0 heterocycles. The van der Waals surface area contributed by atoms with Gasteiger partial charge >= 0.3 is 13.9 Å². The minimum atomic E-state index is -3.95. The summed E-state index contributed by atoms with van der Waals surface area (Å²) in [5.74, 6) is 10.6. The van der Waals surface area contributed by atoms with Crippen LogP contribution in [0.25, 0.3) is 0 Å². The first-order chi connectivity index (χ1) is 27.1. The van der Waals surface area contributed by atoms with Gasteiger partial charge in [-0.25, -0.2) is 20.2 Å². The lowest BCUT2D eigenvalue weighted by Crippen LogP contribution is -2.51. The molecule has 0 aromatic rings. The highest BCUT2D eigenvalue weighted by atomic mass is 31.2. The molecule has 16 nitrogen and oxygen atoms in total. The molecule has 0 spiro atoms. The van der Waals surface area contributed by atoms with Crippen molar-refractivity contribution >= 4 is 25.8 Å². The number of nitrogens with two attached hydrogens (primary N) is 5. The highest BCUT2D eigenvalue weighted by molar-refractivity contribution is 7.48. The highest BCUT2D eigenvalue weighted by Gasteiger charge is 2.59. The van der Waals surface area contributed by atoms with Crippen molar-refractivity contribution in [3.8, 4) is 0 Å². The second-order valence-corrected chi connectivity index (χ2v) is 19.2. The monoisotopic (exact) mass is 827 g/mol. The number of hydrogen-bond donors (Lipinski definition) is 5. The van der Waals surface area contributed by atoms with Gasteiger partial charge in [0.15, 0.2) is 11.9 Å². The van der Waals surface area contributed by atoms with Crippen molar-refractivity contribution in [1.29, 1.82) is 0 Å². The van der Waals surface area contributed by atoms with Crippen molar-refractivity contribution in [1.82, 2.24) is 5.01 Å². The molecule has 3 saturated carbocycles. The third-order valence-corrected chi connectivity index (χ3v) is 14.9. The first-order valence-corrected chi connectivity index (χ1v) is 22.8. The van der Waals surface area contributed by atoms with E-state index in [0.717, 1.165) is 60.3 Å². The van der Waals surface area contributed by atoms with Crippen molar-refractivity contribution in [3.63, 3.8) is 0 Å². The molecule has 328 valence electrons. The van der Waals surface area contributed by atoms with Gasteiger partial charge in [-0.3, -0.25) is 23.6 Å². The zero-order chi connectivity index (χ0) is 41.6. The molecule has 57 heavy (non-hydrogen) atoms. The minimum Gasteiger partial charge on any atom is -0.445 e. The number of amides is 1. The van der Waals surface area contributed by atoms with Crippen LogP contribution in [0.3, 0.4) is 0 Å². The number of guanidine groups is 2. The fourth-order valence-corrected chi connectivity index (χ4v) is 11.6. The minimum absolute atomic E-state index is 0.0662. The summed E-state index contributed by atoms with van der Waals surface area (Å²) in [6.45, 7) is 13.2. The molecule has 0 aliphatic heterocycles. The zero-order valence-corrected chi connectivity index (χ0v) is 36.3. The maximum atomic E-state index is 13.0. The Morgan fingerprint density at radius 1 is 0.842 bits per heavy atom. The lowest BCUT2D eigenvalue weighted by molar-refractivity contribution is -0.0596. The average molecular weight is 827 g/mol. The molecule has 4 aliphatic rings. The van der Waals surface area contributed by atoms with Crippen molar-refractivity contribution in [2.24, 2.45) is 85.1 Å². The Bertz CT molecular complexity index is 1380. The molecule has 4 rings (SSSR count). The Morgan fingerprint density at radius 3 is 2.12 bits per heavy atom. The molecule has 17 heteroatoms. The molecule has 3 fully saturated rings. The summed E-state index contributed by atoms with van der Waals surface area (Å²) in [6.07, 6.45) is 15.2. The molecule has 4 aliphatic carbocycles. The maximum absolute atomic E-state index is 13.0. The predicted octanol–water partition coefficient (Wildman–Crippen LogP) is 5.45. The first-order valence-electron chi connectivity index (χ1n) is 21.3. The van der Waals surface area contributed by atoms with Crippen molar-refractivity contribution in [3.05, 3.63) is 11.6 Å². The normalized spacial score (nSPS) is 28.8. The van der Waals surface area contributed by atoms with Crippen LogP contribution >= 0.6 is 7.82 Å². The number of phosphoric ester groups is 1. The molecular weight excluding hydrogens is 751 g/mol. The molecule has 1 amide bonds. The number of hydrogen-bond acceptors (Lipinski definition) is 11. The quantitative estimate of drug-likeness (QED) is 0.0119. The highest BCUT2D eigenvalue weighted by Crippen LogP contribution is 2.67. The van der Waals surface area contributed by atoms with Gasteiger partial charge in [0.2, 0.25) is 0 Å². The molecule has 0 bridgehead atoms. The van der Waals surface area contributed by atoms with Crippen LogP contribution in [0.5, 0.6) is 0 Å². The Balaban J connectivity index is 1.12. The molecule has 10 N–H and O–H groups in total. The van der Waals surface area contributed by atoms with E-state index in [4.69, 9.17) is 56.6 Å². The fraction of sp³-hybridized carbons (Fsp3) is 0.875. The van der Waals surface area contributed by atoms with Gasteiger partial charge in [-0.1, -0.05) is 65.5 Å². The molecule has 8 atom stereocenters. The third kappa shape index (κ3) is 13.5. The number of phosphoric acid groups is 1. The predicted molar refractivity (Wildman–Crippen MR) is 223 cm³/mol. The van der Waals surface area contributed by atoms with Crippen LogP contribution in [0.2, 0.25) is 0 Å². The van der Waals surface area contributed by atoms with Gasteiger partial charge in [0.1, 0.15) is 6.10 Å². The standard InChI is InChI=1S/C40H75N8O8P/c1-28(2)7-6-8-29(3)33-11-12-34-32-10-9-30-27-31(13-15-39(30,4)35(32)14-16-40(33,34)5)56-38(49)48(45)19-22-51-23-24-52-25-26-55-57(50,53-20-17-46-36(41)42)54-21-18-47-37(43)44/h9,28-29,31-35H,6-8,10-27,45H2,1-5H3,(H4,41,42,46)(H4,43,44,47). The summed E-state index contributed by atoms with van der Waals surface area (Å²) < 4.78 is 45.8. The van der Waals surface area contributed by atoms with E-state index in [1.165, 1.54) is 50.5 Å². The molecule has 0 saturated heterocycles. The zero-order valence-electron chi connectivity index (χ0n) is 35.4. The lowest BCUT2D eigenvalue weighted by Gasteiger charge is -2.58. The van der Waals surface area contributed by atoms with Gasteiger partial charge in [-0.05, 0) is 91.3 Å². The topological polar surface area (TPSA) is 248 Å². The number of aliphatic imine (C=N–C) groups is 2. The summed E-state index contributed by atoms with van der Waals surface area (Å²) in [4.78, 5) is 20.5. The van der Waals surface area contributed by atoms with E-state index in [1.54, 1.807) is 0 Å². The third-order valence-electron chi connectivity index (χ3n) is 13.4. The number of allylic oxidation sites excluding steroid dienone is 1.